The molecule has 0 unspecified atom stereocenters. The van der Waals surface area contributed by atoms with Crippen LogP contribution in [0.2, 0.25) is 24.2 Å². The van der Waals surface area contributed by atoms with Gasteiger partial charge in [0, 0.05) is 31.9 Å². The van der Waals surface area contributed by atoms with E-state index in [1.165, 1.54) is 63.2 Å². The first kappa shape index (κ1) is 26.3. The van der Waals surface area contributed by atoms with E-state index in [0.29, 0.717) is 19.8 Å². The lowest BCUT2D eigenvalue weighted by Crippen LogP contribution is -2.57. The smallest absolute Gasteiger partial charge is 0.374 e. The van der Waals surface area contributed by atoms with E-state index in [1.54, 1.807) is 0 Å². The van der Waals surface area contributed by atoms with Crippen molar-refractivity contribution in [3.63, 3.8) is 0 Å². The highest BCUT2D eigenvalue weighted by molar-refractivity contribution is 6.77. The van der Waals surface area contributed by atoms with E-state index in [1.807, 2.05) is 20.8 Å². The maximum Gasteiger partial charge on any atom is 0.500 e. The molecule has 0 N–H and O–H groups in total. The van der Waals surface area contributed by atoms with E-state index in [9.17, 15) is 0 Å². The molecule has 168 valence electrons. The van der Waals surface area contributed by atoms with Crippen LogP contribution in [0.4, 0.5) is 0 Å². The quantitative estimate of drug-likeness (QED) is 0.207. The van der Waals surface area contributed by atoms with Crippen molar-refractivity contribution in [2.24, 2.45) is 0 Å². The van der Waals surface area contributed by atoms with Gasteiger partial charge >= 0.3 is 8.80 Å². The molecule has 1 saturated carbocycles. The van der Waals surface area contributed by atoms with Crippen LogP contribution in [0, 0.1) is 0 Å². The molecule has 0 heterocycles. The lowest BCUT2D eigenvalue weighted by Gasteiger charge is -2.47. The Bertz CT molecular complexity index is 363. The number of rotatable bonds is 16. The number of hydrogen-bond acceptors (Lipinski definition) is 4. The van der Waals surface area contributed by atoms with Crippen molar-refractivity contribution in [2.75, 3.05) is 26.4 Å². The number of nitrogens with zero attached hydrogens (tertiary/aromatic N) is 1. The molecule has 0 atom stereocenters. The van der Waals surface area contributed by atoms with Crippen LogP contribution in [0.3, 0.4) is 0 Å². The summed E-state index contributed by atoms with van der Waals surface area (Å²) in [6.07, 6.45) is 9.53. The summed E-state index contributed by atoms with van der Waals surface area (Å²) >= 11 is 0. The first-order valence-electron chi connectivity index (χ1n) is 12.2. The Hall–Kier alpha value is 0.274. The first-order valence-corrected chi connectivity index (χ1v) is 16.8. The lowest BCUT2D eigenvalue weighted by molar-refractivity contribution is 0.0705. The van der Waals surface area contributed by atoms with E-state index < -0.39 is 17.0 Å². The predicted octanol–water partition coefficient (Wildman–Crippen LogP) is 6.45. The molecule has 28 heavy (non-hydrogen) atoms. The molecular formula is C22H49NO3Si2. The van der Waals surface area contributed by atoms with Gasteiger partial charge in [-0.15, -0.1) is 0 Å². The Balaban J connectivity index is 2.75. The molecule has 1 aliphatic rings. The van der Waals surface area contributed by atoms with Gasteiger partial charge in [-0.05, 0) is 71.1 Å². The van der Waals surface area contributed by atoms with Crippen molar-refractivity contribution in [3.8, 4) is 0 Å². The Labute approximate surface area is 178 Å². The third-order valence-electron chi connectivity index (χ3n) is 6.82. The highest BCUT2D eigenvalue weighted by atomic mass is 28.4. The zero-order valence-electron chi connectivity index (χ0n) is 19.9. The molecule has 0 aromatic rings. The molecule has 0 spiro atoms. The molecule has 0 aromatic carbocycles. The molecule has 0 amide bonds. The van der Waals surface area contributed by atoms with Crippen molar-refractivity contribution in [2.45, 2.75) is 117 Å². The molecule has 0 aromatic heterocycles. The van der Waals surface area contributed by atoms with E-state index in [-0.39, 0.29) is 0 Å². The molecule has 0 radical (unpaired) electrons. The fraction of sp³-hybridized carbons (Fsp3) is 1.00. The van der Waals surface area contributed by atoms with E-state index in [4.69, 9.17) is 13.3 Å². The summed E-state index contributed by atoms with van der Waals surface area (Å²) in [5.41, 5.74) is 0. The second-order valence-corrected chi connectivity index (χ2v) is 16.1. The predicted molar refractivity (Wildman–Crippen MR) is 125 cm³/mol. The molecule has 0 aliphatic heterocycles. The third-order valence-corrected chi connectivity index (χ3v) is 15.7. The molecule has 6 heteroatoms. The van der Waals surface area contributed by atoms with Crippen molar-refractivity contribution in [3.05, 3.63) is 0 Å². The van der Waals surface area contributed by atoms with Crippen molar-refractivity contribution in [1.82, 2.24) is 4.57 Å². The summed E-state index contributed by atoms with van der Waals surface area (Å²) in [6.45, 7) is 16.8. The standard InChI is InChI=1S/C22H49NO3Si2/c1-7-24-28(25-8-2,26-9-3)21-17-16-20-23(22-18-14-13-15-19-22)27(10-4,11-5)12-6/h22H,7-21H2,1-6H3. The van der Waals surface area contributed by atoms with E-state index >= 15 is 0 Å². The van der Waals surface area contributed by atoms with Crippen LogP contribution >= 0.6 is 0 Å². The summed E-state index contributed by atoms with van der Waals surface area (Å²) in [6, 6.07) is 5.98. The highest BCUT2D eigenvalue weighted by Crippen LogP contribution is 2.33. The third kappa shape index (κ3) is 7.51. The van der Waals surface area contributed by atoms with Gasteiger partial charge in [0.15, 0.2) is 0 Å². The second kappa shape index (κ2) is 14.3. The van der Waals surface area contributed by atoms with E-state index in [0.717, 1.165) is 18.5 Å². The average Bonchev–Trinajstić information content (AvgIpc) is 2.72. The molecule has 4 nitrogen and oxygen atoms in total. The summed E-state index contributed by atoms with van der Waals surface area (Å²) in [4.78, 5) is 0. The van der Waals surface area contributed by atoms with Crippen LogP contribution in [0.1, 0.15) is 86.5 Å². The van der Waals surface area contributed by atoms with Gasteiger partial charge in [-0.3, -0.25) is 0 Å². The monoisotopic (exact) mass is 431 g/mol. The van der Waals surface area contributed by atoms with Crippen molar-refractivity contribution < 1.29 is 13.3 Å². The Morgan fingerprint density at radius 2 is 1.21 bits per heavy atom. The van der Waals surface area contributed by atoms with Crippen molar-refractivity contribution >= 4 is 17.0 Å². The SMILES string of the molecule is CCO[Si](CCCCN(C1CCCCC1)[Si](CC)(CC)CC)(OCC)OCC. The summed E-state index contributed by atoms with van der Waals surface area (Å²) in [7, 11) is -3.81. The summed E-state index contributed by atoms with van der Waals surface area (Å²) in [5.74, 6) is 0. The number of unbranched alkanes of at least 4 members (excludes halogenated alkanes) is 1. The maximum absolute atomic E-state index is 6.05. The Kier molecular flexibility index (Phi) is 13.4. The molecular weight excluding hydrogens is 382 g/mol. The van der Waals surface area contributed by atoms with Gasteiger partial charge < -0.3 is 17.8 Å². The molecule has 1 fully saturated rings. The van der Waals surface area contributed by atoms with Crippen LogP contribution in [0.15, 0.2) is 0 Å². The zero-order valence-corrected chi connectivity index (χ0v) is 21.9. The first-order chi connectivity index (χ1) is 13.6. The van der Waals surface area contributed by atoms with Gasteiger partial charge in [0.2, 0.25) is 0 Å². The van der Waals surface area contributed by atoms with E-state index in [2.05, 4.69) is 25.3 Å². The molecule has 1 rings (SSSR count). The van der Waals surface area contributed by atoms with Crippen LogP contribution in [-0.2, 0) is 13.3 Å². The van der Waals surface area contributed by atoms with Crippen LogP contribution < -0.4 is 0 Å². The minimum absolute atomic E-state index is 0.679. The summed E-state index contributed by atoms with van der Waals surface area (Å²) in [5, 5.41) is 0. The molecule has 0 saturated heterocycles. The summed E-state index contributed by atoms with van der Waals surface area (Å²) < 4.78 is 21.2. The van der Waals surface area contributed by atoms with Gasteiger partial charge in [0.25, 0.3) is 0 Å². The van der Waals surface area contributed by atoms with Gasteiger partial charge in [-0.2, -0.15) is 0 Å². The normalized spacial score (nSPS) is 16.8. The minimum atomic E-state index is -2.49. The average molecular weight is 432 g/mol. The lowest BCUT2D eigenvalue weighted by atomic mass is 9.95. The Morgan fingerprint density at radius 3 is 1.64 bits per heavy atom. The molecule has 1 aliphatic carbocycles. The highest BCUT2D eigenvalue weighted by Gasteiger charge is 2.41. The van der Waals surface area contributed by atoms with Gasteiger partial charge in [0.1, 0.15) is 8.24 Å². The second-order valence-electron chi connectivity index (χ2n) is 8.21. The zero-order chi connectivity index (χ0) is 20.9. The fourth-order valence-corrected chi connectivity index (χ4v) is 12.3. The van der Waals surface area contributed by atoms with Gasteiger partial charge in [-0.25, -0.2) is 0 Å². The van der Waals surface area contributed by atoms with Gasteiger partial charge in [-0.1, -0.05) is 40.0 Å². The Morgan fingerprint density at radius 1 is 0.714 bits per heavy atom. The van der Waals surface area contributed by atoms with Crippen LogP contribution in [0.25, 0.3) is 0 Å². The molecule has 0 bridgehead atoms. The van der Waals surface area contributed by atoms with Crippen molar-refractivity contribution in [1.29, 1.82) is 0 Å². The largest absolute Gasteiger partial charge is 0.500 e. The number of hydrogen-bond donors (Lipinski definition) is 0. The maximum atomic E-state index is 6.05. The fourth-order valence-electron chi connectivity index (χ4n) is 5.18. The van der Waals surface area contributed by atoms with Gasteiger partial charge in [0.05, 0.1) is 0 Å². The van der Waals surface area contributed by atoms with Crippen LogP contribution in [0.5, 0.6) is 0 Å². The topological polar surface area (TPSA) is 30.9 Å². The minimum Gasteiger partial charge on any atom is -0.374 e. The van der Waals surface area contributed by atoms with Crippen LogP contribution in [-0.4, -0.2) is 54.0 Å².